The molecule has 0 spiro atoms. The van der Waals surface area contributed by atoms with E-state index in [1.165, 1.54) is 17.6 Å². The van der Waals surface area contributed by atoms with Gasteiger partial charge < -0.3 is 0 Å². The molecular weight excluding hydrogens is 406 g/mol. The molecule has 1 aromatic heterocycles. The fraction of sp³-hybridized carbons (Fsp3) is 0.143. The quantitative estimate of drug-likeness (QED) is 0.461. The van der Waals surface area contributed by atoms with Crippen LogP contribution >= 0.6 is 11.3 Å². The largest absolute Gasteiger partial charge is 0.271 e. The molecule has 0 radical (unpaired) electrons. The molecule has 0 unspecified atom stereocenters. The second kappa shape index (κ2) is 9.02. The number of hydrazone groups is 1. The highest BCUT2D eigenvalue weighted by atomic mass is 32.2. The number of hydrogen-bond donors (Lipinski definition) is 1. The van der Waals surface area contributed by atoms with Crippen LogP contribution < -0.4 is 9.73 Å². The molecule has 3 aromatic rings. The van der Waals surface area contributed by atoms with Crippen LogP contribution in [0.4, 0.5) is 5.69 Å². The van der Waals surface area contributed by atoms with Crippen LogP contribution in [0.3, 0.4) is 0 Å². The summed E-state index contributed by atoms with van der Waals surface area (Å²) in [5, 5.41) is 5.81. The number of aryl methyl sites for hydroxylation is 2. The van der Waals surface area contributed by atoms with Gasteiger partial charge in [-0.3, -0.25) is 9.10 Å². The first-order valence-electron chi connectivity index (χ1n) is 8.88. The van der Waals surface area contributed by atoms with Crippen LogP contribution in [-0.2, 0) is 14.8 Å². The molecule has 1 N–H and O–H groups in total. The van der Waals surface area contributed by atoms with Crippen molar-refractivity contribution in [1.82, 2.24) is 5.43 Å². The average Bonchev–Trinajstić information content (AvgIpc) is 3.20. The van der Waals surface area contributed by atoms with Crippen molar-refractivity contribution < 1.29 is 13.2 Å². The third-order valence-electron chi connectivity index (χ3n) is 4.11. The summed E-state index contributed by atoms with van der Waals surface area (Å²) in [6.07, 6.45) is 1.52. The Balaban J connectivity index is 1.87. The molecule has 6 nitrogen and oxygen atoms in total. The number of carbonyl (C=O) groups excluding carboxylic acids is 1. The third-order valence-corrected chi connectivity index (χ3v) is 6.71. The van der Waals surface area contributed by atoms with Crippen molar-refractivity contribution in [3.63, 3.8) is 0 Å². The molecule has 0 saturated carbocycles. The molecule has 0 aliphatic carbocycles. The van der Waals surface area contributed by atoms with E-state index in [0.717, 1.165) is 20.3 Å². The van der Waals surface area contributed by atoms with Crippen LogP contribution in [0.15, 0.2) is 76.0 Å². The molecule has 0 bridgehead atoms. The van der Waals surface area contributed by atoms with E-state index in [1.807, 2.05) is 37.4 Å². The maximum atomic E-state index is 13.3. The summed E-state index contributed by atoms with van der Waals surface area (Å²) in [7, 11) is -3.93. The van der Waals surface area contributed by atoms with Gasteiger partial charge in [-0.2, -0.15) is 5.10 Å². The molecule has 1 heterocycles. The predicted octanol–water partition coefficient (Wildman–Crippen LogP) is 3.71. The van der Waals surface area contributed by atoms with Crippen molar-refractivity contribution in [1.29, 1.82) is 0 Å². The minimum atomic E-state index is -3.93. The van der Waals surface area contributed by atoms with Gasteiger partial charge in [-0.25, -0.2) is 13.8 Å². The number of benzene rings is 2. The molecule has 0 aliphatic heterocycles. The van der Waals surface area contributed by atoms with Crippen LogP contribution in [0.2, 0.25) is 0 Å². The summed E-state index contributed by atoms with van der Waals surface area (Å²) in [5.41, 5.74) is 4.66. The highest BCUT2D eigenvalue weighted by molar-refractivity contribution is 7.92. The maximum absolute atomic E-state index is 13.3. The molecule has 0 fully saturated rings. The maximum Gasteiger partial charge on any atom is 0.264 e. The van der Waals surface area contributed by atoms with Crippen molar-refractivity contribution in [3.05, 3.63) is 82.0 Å². The van der Waals surface area contributed by atoms with Crippen LogP contribution in [-0.4, -0.2) is 27.1 Å². The Kier molecular flexibility index (Phi) is 6.46. The fourth-order valence-corrected chi connectivity index (χ4v) is 4.63. The second-order valence-electron chi connectivity index (χ2n) is 6.47. The topological polar surface area (TPSA) is 78.8 Å². The number of rotatable bonds is 7. The van der Waals surface area contributed by atoms with Crippen molar-refractivity contribution in [3.8, 4) is 0 Å². The van der Waals surface area contributed by atoms with Crippen molar-refractivity contribution >= 4 is 39.2 Å². The molecule has 3 rings (SSSR count). The normalized spacial score (nSPS) is 11.5. The first-order valence-corrected chi connectivity index (χ1v) is 11.2. The minimum absolute atomic E-state index is 0.125. The van der Waals surface area contributed by atoms with Crippen LogP contribution in [0.25, 0.3) is 0 Å². The highest BCUT2D eigenvalue weighted by Gasteiger charge is 2.27. The zero-order valence-corrected chi connectivity index (χ0v) is 17.7. The van der Waals surface area contributed by atoms with Gasteiger partial charge in [-0.15, -0.1) is 11.3 Å². The lowest BCUT2D eigenvalue weighted by molar-refractivity contribution is -0.119. The number of amides is 1. The molecule has 0 atom stereocenters. The van der Waals surface area contributed by atoms with Gasteiger partial charge in [-0.05, 0) is 55.1 Å². The lowest BCUT2D eigenvalue weighted by atomic mass is 10.2. The highest BCUT2D eigenvalue weighted by Crippen LogP contribution is 2.24. The van der Waals surface area contributed by atoms with Gasteiger partial charge >= 0.3 is 0 Å². The SMILES string of the molecule is Cc1ccc(S(=O)(=O)N(CC(=O)N/N=C/c2cccs2)c2cccc(C)c2)cc1. The molecule has 0 saturated heterocycles. The Bertz CT molecular complexity index is 1110. The number of carbonyl (C=O) groups is 1. The number of nitrogens with zero attached hydrogens (tertiary/aromatic N) is 2. The van der Waals surface area contributed by atoms with E-state index in [2.05, 4.69) is 10.5 Å². The fourth-order valence-electron chi connectivity index (χ4n) is 2.63. The number of thiophene rings is 1. The Morgan fingerprint density at radius 1 is 1.07 bits per heavy atom. The third kappa shape index (κ3) is 5.30. The van der Waals surface area contributed by atoms with E-state index in [1.54, 1.807) is 42.5 Å². The standard InChI is InChI=1S/C21H21N3O3S2/c1-16-8-10-20(11-9-16)29(26,27)24(18-6-3-5-17(2)13-18)15-21(25)23-22-14-19-7-4-12-28-19/h3-14H,15H2,1-2H3,(H,23,25)/b22-14+. The summed E-state index contributed by atoms with van der Waals surface area (Å²) >= 11 is 1.48. The first-order chi connectivity index (χ1) is 13.9. The molecular formula is C21H21N3O3S2. The van der Waals surface area contributed by atoms with E-state index >= 15 is 0 Å². The van der Waals surface area contributed by atoms with Gasteiger partial charge in [-0.1, -0.05) is 35.9 Å². The van der Waals surface area contributed by atoms with Gasteiger partial charge in [0.15, 0.2) is 0 Å². The second-order valence-corrected chi connectivity index (χ2v) is 9.31. The number of anilines is 1. The monoisotopic (exact) mass is 427 g/mol. The Labute approximate surface area is 174 Å². The molecule has 2 aromatic carbocycles. The molecule has 29 heavy (non-hydrogen) atoms. The van der Waals surface area contributed by atoms with E-state index < -0.39 is 15.9 Å². The van der Waals surface area contributed by atoms with E-state index in [4.69, 9.17) is 0 Å². The average molecular weight is 428 g/mol. The van der Waals surface area contributed by atoms with E-state index in [0.29, 0.717) is 5.69 Å². The lowest BCUT2D eigenvalue weighted by Gasteiger charge is -2.24. The molecule has 1 amide bonds. The summed E-state index contributed by atoms with van der Waals surface area (Å²) in [6.45, 7) is 3.36. The molecule has 8 heteroatoms. The Hall–Kier alpha value is -2.97. The van der Waals surface area contributed by atoms with Gasteiger partial charge in [0, 0.05) is 4.88 Å². The molecule has 150 valence electrons. The van der Waals surface area contributed by atoms with Crippen molar-refractivity contribution in [2.45, 2.75) is 18.7 Å². The van der Waals surface area contributed by atoms with E-state index in [-0.39, 0.29) is 11.4 Å². The smallest absolute Gasteiger partial charge is 0.264 e. The van der Waals surface area contributed by atoms with Gasteiger partial charge in [0.2, 0.25) is 0 Å². The molecule has 0 aliphatic rings. The van der Waals surface area contributed by atoms with Crippen LogP contribution in [0.1, 0.15) is 16.0 Å². The van der Waals surface area contributed by atoms with Gasteiger partial charge in [0.1, 0.15) is 6.54 Å². The Morgan fingerprint density at radius 2 is 1.83 bits per heavy atom. The van der Waals surface area contributed by atoms with Gasteiger partial charge in [0.25, 0.3) is 15.9 Å². The Morgan fingerprint density at radius 3 is 2.48 bits per heavy atom. The summed E-state index contributed by atoms with van der Waals surface area (Å²) in [5.74, 6) is -0.532. The zero-order chi connectivity index (χ0) is 20.9. The minimum Gasteiger partial charge on any atom is -0.271 e. The summed E-state index contributed by atoms with van der Waals surface area (Å²) in [4.78, 5) is 13.5. The van der Waals surface area contributed by atoms with Crippen LogP contribution in [0.5, 0.6) is 0 Å². The number of sulfonamides is 1. The van der Waals surface area contributed by atoms with E-state index in [9.17, 15) is 13.2 Å². The number of nitrogens with one attached hydrogen (secondary N) is 1. The first kappa shape index (κ1) is 20.8. The van der Waals surface area contributed by atoms with Crippen molar-refractivity contribution in [2.24, 2.45) is 5.10 Å². The van der Waals surface area contributed by atoms with Crippen LogP contribution in [0, 0.1) is 13.8 Å². The lowest BCUT2D eigenvalue weighted by Crippen LogP contribution is -2.39. The summed E-state index contributed by atoms with van der Waals surface area (Å²) < 4.78 is 27.6. The van der Waals surface area contributed by atoms with Gasteiger partial charge in [0.05, 0.1) is 16.8 Å². The predicted molar refractivity (Wildman–Crippen MR) is 117 cm³/mol. The zero-order valence-electron chi connectivity index (χ0n) is 16.1. The van der Waals surface area contributed by atoms with Crippen molar-refractivity contribution in [2.75, 3.05) is 10.8 Å². The number of hydrogen-bond acceptors (Lipinski definition) is 5. The summed E-state index contributed by atoms with van der Waals surface area (Å²) in [6, 6.07) is 17.3.